The van der Waals surface area contributed by atoms with Crippen LogP contribution in [0, 0.1) is 20.2 Å². The van der Waals surface area contributed by atoms with E-state index < -0.39 is 140 Å². The standard InChI is InChI=1S/C32H22F12N4O7/c33-29(34,35)15-1-3-17(19(13-15)31(39,40)41)25-23(7-5-21(47(51)52)27(25)45-9-11-49)55-24-8-6-22(48(53)54)28(46-10-12-50)26(24)18-4-2-16(30(36,37)38)14-20(18)32(42,43)44/h1-8,13-14,45-46,49-50H,9-12H2. The zero-order valence-electron chi connectivity index (χ0n) is 27.0. The molecule has 0 radical (unpaired) electrons. The molecule has 0 atom stereocenters. The minimum atomic E-state index is -5.63. The first-order valence-corrected chi connectivity index (χ1v) is 15.0. The summed E-state index contributed by atoms with van der Waals surface area (Å²) in [6.45, 7) is -2.95. The van der Waals surface area contributed by atoms with Crippen LogP contribution in [-0.2, 0) is 24.7 Å². The Hall–Kier alpha value is -5.84. The van der Waals surface area contributed by atoms with Crippen LogP contribution in [0.4, 0.5) is 75.4 Å². The number of nitro benzene ring substituents is 2. The van der Waals surface area contributed by atoms with Crippen LogP contribution in [0.3, 0.4) is 0 Å². The van der Waals surface area contributed by atoms with Gasteiger partial charge in [-0.05, 0) is 47.5 Å². The number of anilines is 2. The molecule has 0 aliphatic carbocycles. The summed E-state index contributed by atoms with van der Waals surface area (Å²) < 4.78 is 174. The van der Waals surface area contributed by atoms with E-state index in [0.29, 0.717) is 24.3 Å². The molecule has 0 aromatic heterocycles. The number of ether oxygens (including phenoxy) is 1. The number of alkyl halides is 12. The fraction of sp³-hybridized carbons (Fsp3) is 0.250. The largest absolute Gasteiger partial charge is 0.456 e. The van der Waals surface area contributed by atoms with Crippen molar-refractivity contribution in [3.05, 3.63) is 103 Å². The van der Waals surface area contributed by atoms with Crippen LogP contribution in [0.2, 0.25) is 0 Å². The van der Waals surface area contributed by atoms with E-state index in [0.717, 1.165) is 0 Å². The van der Waals surface area contributed by atoms with Gasteiger partial charge in [-0.15, -0.1) is 0 Å². The van der Waals surface area contributed by atoms with Crippen molar-refractivity contribution >= 4 is 22.7 Å². The van der Waals surface area contributed by atoms with E-state index in [1.807, 2.05) is 0 Å². The lowest BCUT2D eigenvalue weighted by Gasteiger charge is -2.23. The van der Waals surface area contributed by atoms with Crippen molar-refractivity contribution in [2.75, 3.05) is 36.9 Å². The van der Waals surface area contributed by atoms with Crippen LogP contribution in [0.15, 0.2) is 60.7 Å². The molecule has 4 aromatic carbocycles. The van der Waals surface area contributed by atoms with Gasteiger partial charge in [0.2, 0.25) is 0 Å². The Balaban J connectivity index is 2.21. The van der Waals surface area contributed by atoms with E-state index in [4.69, 9.17) is 4.74 Å². The number of hydrogen-bond acceptors (Lipinski definition) is 9. The molecule has 4 aromatic rings. The van der Waals surface area contributed by atoms with E-state index >= 15 is 0 Å². The van der Waals surface area contributed by atoms with Gasteiger partial charge in [-0.3, -0.25) is 20.2 Å². The molecule has 4 rings (SSSR count). The van der Waals surface area contributed by atoms with E-state index in [9.17, 15) is 83.1 Å². The zero-order chi connectivity index (χ0) is 41.3. The third-order valence-corrected chi connectivity index (χ3v) is 7.57. The van der Waals surface area contributed by atoms with Crippen molar-refractivity contribution in [3.63, 3.8) is 0 Å². The Morgan fingerprint density at radius 1 is 0.545 bits per heavy atom. The first-order chi connectivity index (χ1) is 25.4. The molecule has 0 aliphatic rings. The molecule has 0 unspecified atom stereocenters. The third kappa shape index (κ3) is 9.11. The van der Waals surface area contributed by atoms with Gasteiger partial charge in [0, 0.05) is 25.2 Å². The molecule has 0 bridgehead atoms. The maximum absolute atomic E-state index is 14.5. The van der Waals surface area contributed by atoms with Crippen LogP contribution in [0.1, 0.15) is 22.3 Å². The smallest absolute Gasteiger partial charge is 0.417 e. The average molecular weight is 803 g/mol. The lowest BCUT2D eigenvalue weighted by molar-refractivity contribution is -0.384. The van der Waals surface area contributed by atoms with Crippen molar-refractivity contribution in [2.24, 2.45) is 0 Å². The summed E-state index contributed by atoms with van der Waals surface area (Å²) in [5.74, 6) is -1.94. The van der Waals surface area contributed by atoms with E-state index in [1.54, 1.807) is 0 Å². The number of rotatable bonds is 12. The van der Waals surface area contributed by atoms with Crippen LogP contribution in [0.25, 0.3) is 22.3 Å². The number of aliphatic hydroxyl groups is 2. The Morgan fingerprint density at radius 2 is 0.891 bits per heavy atom. The van der Waals surface area contributed by atoms with E-state index in [2.05, 4.69) is 10.6 Å². The number of aliphatic hydroxyl groups excluding tert-OH is 2. The number of hydrogen-bond donors (Lipinski definition) is 4. The Bertz CT molecular complexity index is 1950. The minimum absolute atomic E-state index is 0.176. The highest BCUT2D eigenvalue weighted by molar-refractivity contribution is 5.93. The van der Waals surface area contributed by atoms with Crippen molar-refractivity contribution in [1.82, 2.24) is 0 Å². The summed E-state index contributed by atoms with van der Waals surface area (Å²) in [7, 11) is 0. The molecule has 23 heteroatoms. The highest BCUT2D eigenvalue weighted by Gasteiger charge is 2.42. The highest BCUT2D eigenvalue weighted by atomic mass is 19.4. The maximum atomic E-state index is 14.5. The Labute approximate surface area is 299 Å². The molecule has 0 heterocycles. The summed E-state index contributed by atoms with van der Waals surface area (Å²) in [5, 5.41) is 47.4. The number of halogens is 12. The number of nitrogens with one attached hydrogen (secondary N) is 2. The molecule has 4 N–H and O–H groups in total. The van der Waals surface area contributed by atoms with Crippen molar-refractivity contribution in [2.45, 2.75) is 24.7 Å². The van der Waals surface area contributed by atoms with E-state index in [-0.39, 0.29) is 36.4 Å². The molecule has 0 spiro atoms. The quantitative estimate of drug-likeness (QED) is 0.0622. The third-order valence-electron chi connectivity index (χ3n) is 7.57. The number of nitrogens with zero attached hydrogens (tertiary/aromatic N) is 2. The topological polar surface area (TPSA) is 160 Å². The van der Waals surface area contributed by atoms with Crippen LogP contribution >= 0.6 is 0 Å². The summed E-state index contributed by atoms with van der Waals surface area (Å²) >= 11 is 0. The maximum Gasteiger partial charge on any atom is 0.417 e. The van der Waals surface area contributed by atoms with Crippen molar-refractivity contribution in [3.8, 4) is 33.8 Å². The molecule has 0 amide bonds. The molecule has 0 fully saturated rings. The number of benzene rings is 4. The lowest BCUT2D eigenvalue weighted by atomic mass is 9.93. The van der Waals surface area contributed by atoms with Gasteiger partial charge >= 0.3 is 24.7 Å². The first-order valence-electron chi connectivity index (χ1n) is 15.0. The van der Waals surface area contributed by atoms with Crippen molar-refractivity contribution in [1.29, 1.82) is 0 Å². The molecule has 0 aliphatic heterocycles. The lowest BCUT2D eigenvalue weighted by Crippen LogP contribution is -2.15. The predicted molar refractivity (Wildman–Crippen MR) is 168 cm³/mol. The second kappa shape index (κ2) is 15.5. The minimum Gasteiger partial charge on any atom is -0.456 e. The fourth-order valence-electron chi connectivity index (χ4n) is 5.34. The second-order valence-corrected chi connectivity index (χ2v) is 11.1. The van der Waals surface area contributed by atoms with Gasteiger partial charge in [0.05, 0.1) is 56.4 Å². The van der Waals surface area contributed by atoms with Gasteiger partial charge in [-0.1, -0.05) is 12.1 Å². The van der Waals surface area contributed by atoms with E-state index in [1.165, 1.54) is 0 Å². The Morgan fingerprint density at radius 3 is 1.16 bits per heavy atom. The van der Waals surface area contributed by atoms with Gasteiger partial charge in [0.15, 0.2) is 0 Å². The molecule has 0 saturated heterocycles. The van der Waals surface area contributed by atoms with Gasteiger partial charge in [-0.25, -0.2) is 0 Å². The summed E-state index contributed by atoms with van der Waals surface area (Å²) in [6.07, 6.45) is -22.0. The molecular weight excluding hydrogens is 780 g/mol. The monoisotopic (exact) mass is 802 g/mol. The zero-order valence-corrected chi connectivity index (χ0v) is 27.0. The predicted octanol–water partition coefficient (Wildman–Crippen LogP) is 9.51. The SMILES string of the molecule is O=[N+]([O-])c1ccc(Oc2ccc([N+](=O)[O-])c(NCCO)c2-c2ccc(C(F)(F)F)cc2C(F)(F)F)c(-c2ccc(C(F)(F)F)cc2C(F)(F)F)c1NCCO. The number of nitro groups is 2. The Kier molecular flexibility index (Phi) is 11.8. The molecule has 296 valence electrons. The average Bonchev–Trinajstić information content (AvgIpc) is 3.07. The normalized spacial score (nSPS) is 12.4. The molecular formula is C32H22F12N4O7. The van der Waals surface area contributed by atoms with Crippen LogP contribution in [-0.4, -0.2) is 46.4 Å². The summed E-state index contributed by atoms with van der Waals surface area (Å²) in [6, 6.07) is 2.62. The van der Waals surface area contributed by atoms with Gasteiger partial charge in [0.25, 0.3) is 11.4 Å². The summed E-state index contributed by atoms with van der Waals surface area (Å²) in [5.41, 5.74) is -16.2. The van der Waals surface area contributed by atoms with Crippen molar-refractivity contribution < 1.29 is 77.5 Å². The van der Waals surface area contributed by atoms with Gasteiger partial charge < -0.3 is 25.6 Å². The second-order valence-electron chi connectivity index (χ2n) is 11.1. The molecule has 11 nitrogen and oxygen atoms in total. The first kappa shape index (κ1) is 41.9. The molecule has 0 saturated carbocycles. The molecule has 55 heavy (non-hydrogen) atoms. The summed E-state index contributed by atoms with van der Waals surface area (Å²) in [4.78, 5) is 21.8. The van der Waals surface area contributed by atoms with Crippen LogP contribution in [0.5, 0.6) is 11.5 Å². The fourth-order valence-corrected chi connectivity index (χ4v) is 5.34. The van der Waals surface area contributed by atoms with Gasteiger partial charge in [-0.2, -0.15) is 52.7 Å². The van der Waals surface area contributed by atoms with Gasteiger partial charge in [0.1, 0.15) is 22.9 Å². The van der Waals surface area contributed by atoms with Crippen LogP contribution < -0.4 is 15.4 Å². The highest BCUT2D eigenvalue weighted by Crippen LogP contribution is 2.53.